The molecule has 1 saturated heterocycles. The van der Waals surface area contributed by atoms with Gasteiger partial charge in [-0.1, -0.05) is 60.1 Å². The topological polar surface area (TPSA) is 64.4 Å². The lowest BCUT2D eigenvalue weighted by Gasteiger charge is -2.39. The Hall–Kier alpha value is -2.69. The molecule has 0 unspecified atom stereocenters. The van der Waals surface area contributed by atoms with E-state index in [1.165, 1.54) is 4.31 Å². The van der Waals surface area contributed by atoms with Crippen molar-refractivity contribution in [2.45, 2.75) is 17.9 Å². The molecule has 4 rings (SSSR count). The van der Waals surface area contributed by atoms with Crippen LogP contribution in [0.5, 0.6) is 0 Å². The number of nitriles is 1. The van der Waals surface area contributed by atoms with Gasteiger partial charge in [0.1, 0.15) is 11.0 Å². The first-order valence-electron chi connectivity index (χ1n) is 10.5. The van der Waals surface area contributed by atoms with Crippen LogP contribution in [0.1, 0.15) is 28.3 Å². The van der Waals surface area contributed by atoms with Crippen LogP contribution in [-0.4, -0.2) is 43.8 Å². The minimum Gasteiger partial charge on any atom is -0.290 e. The third-order valence-corrected chi connectivity index (χ3v) is 8.01. The van der Waals surface area contributed by atoms with E-state index in [-0.39, 0.29) is 16.5 Å². The number of aryl methyl sites for hydroxylation is 1. The van der Waals surface area contributed by atoms with E-state index in [0.717, 1.165) is 16.7 Å². The molecular formula is C25H24ClN3O2S. The fraction of sp³-hybridized carbons (Fsp3) is 0.240. The molecule has 0 bridgehead atoms. The van der Waals surface area contributed by atoms with E-state index < -0.39 is 10.0 Å². The van der Waals surface area contributed by atoms with Crippen molar-refractivity contribution in [2.75, 3.05) is 26.2 Å². The van der Waals surface area contributed by atoms with E-state index in [4.69, 9.17) is 11.6 Å². The van der Waals surface area contributed by atoms with Crippen LogP contribution in [0.2, 0.25) is 5.02 Å². The van der Waals surface area contributed by atoms with Gasteiger partial charge in [-0.2, -0.15) is 9.57 Å². The standard InChI is InChI=1S/C25H24ClN3O2S/c1-19-7-8-22(18-27)24(17-19)32(30,31)29-15-13-28(14-16-29)25(20-5-3-2-4-6-20)21-9-11-23(26)12-10-21/h2-12,17,25H,13-16H2,1H3/t25-/m1/s1. The summed E-state index contributed by atoms with van der Waals surface area (Å²) in [5.74, 6) is 0. The van der Waals surface area contributed by atoms with Crippen molar-refractivity contribution >= 4 is 21.6 Å². The van der Waals surface area contributed by atoms with Crippen LogP contribution in [0.25, 0.3) is 0 Å². The Kier molecular flexibility index (Phi) is 6.63. The summed E-state index contributed by atoms with van der Waals surface area (Å²) in [7, 11) is -3.74. The van der Waals surface area contributed by atoms with Gasteiger partial charge < -0.3 is 0 Å². The van der Waals surface area contributed by atoms with Crippen molar-refractivity contribution in [3.63, 3.8) is 0 Å². The molecule has 1 heterocycles. The van der Waals surface area contributed by atoms with Gasteiger partial charge in [0, 0.05) is 31.2 Å². The number of hydrogen-bond donors (Lipinski definition) is 0. The molecule has 0 aromatic heterocycles. The summed E-state index contributed by atoms with van der Waals surface area (Å²) in [6.07, 6.45) is 0. The summed E-state index contributed by atoms with van der Waals surface area (Å²) in [6.45, 7) is 3.70. The normalized spacial score (nSPS) is 16.4. The number of hydrogen-bond acceptors (Lipinski definition) is 4. The number of rotatable bonds is 5. The Morgan fingerprint density at radius 2 is 1.53 bits per heavy atom. The molecule has 1 aliphatic heterocycles. The van der Waals surface area contributed by atoms with Crippen LogP contribution < -0.4 is 0 Å². The van der Waals surface area contributed by atoms with Gasteiger partial charge in [0.2, 0.25) is 10.0 Å². The quantitative estimate of drug-likeness (QED) is 0.551. The highest BCUT2D eigenvalue weighted by Crippen LogP contribution is 2.31. The fourth-order valence-corrected chi connectivity index (χ4v) is 5.95. The smallest absolute Gasteiger partial charge is 0.244 e. The molecule has 5 nitrogen and oxygen atoms in total. The lowest BCUT2D eigenvalue weighted by molar-refractivity contribution is 0.156. The molecule has 164 valence electrons. The van der Waals surface area contributed by atoms with E-state index in [0.29, 0.717) is 31.2 Å². The summed E-state index contributed by atoms with van der Waals surface area (Å²) >= 11 is 6.10. The lowest BCUT2D eigenvalue weighted by Crippen LogP contribution is -2.49. The summed E-state index contributed by atoms with van der Waals surface area (Å²) in [6, 6.07) is 24.9. The molecule has 0 N–H and O–H groups in total. The first-order valence-corrected chi connectivity index (χ1v) is 12.3. The number of piperazine rings is 1. The van der Waals surface area contributed by atoms with Crippen molar-refractivity contribution in [1.82, 2.24) is 9.21 Å². The van der Waals surface area contributed by atoms with Crippen LogP contribution >= 0.6 is 11.6 Å². The zero-order valence-electron chi connectivity index (χ0n) is 17.8. The zero-order chi connectivity index (χ0) is 22.7. The van der Waals surface area contributed by atoms with Crippen molar-refractivity contribution < 1.29 is 8.42 Å². The zero-order valence-corrected chi connectivity index (χ0v) is 19.4. The summed E-state index contributed by atoms with van der Waals surface area (Å²) in [4.78, 5) is 2.39. The van der Waals surface area contributed by atoms with Crippen LogP contribution in [0.15, 0.2) is 77.7 Å². The maximum absolute atomic E-state index is 13.3. The molecule has 3 aromatic rings. The van der Waals surface area contributed by atoms with Crippen molar-refractivity contribution in [3.8, 4) is 6.07 Å². The Balaban J connectivity index is 1.59. The Bertz CT molecular complexity index is 1230. The highest BCUT2D eigenvalue weighted by Gasteiger charge is 2.33. The SMILES string of the molecule is Cc1ccc(C#N)c(S(=O)(=O)N2CCN([C@H](c3ccccc3)c3ccc(Cl)cc3)CC2)c1. The predicted octanol–water partition coefficient (Wildman–Crippen LogP) is 4.62. The van der Waals surface area contributed by atoms with Gasteiger partial charge in [-0.3, -0.25) is 4.90 Å². The van der Waals surface area contributed by atoms with E-state index in [2.05, 4.69) is 17.0 Å². The second-order valence-electron chi connectivity index (χ2n) is 7.92. The molecule has 0 spiro atoms. The van der Waals surface area contributed by atoms with Crippen LogP contribution in [0, 0.1) is 18.3 Å². The average Bonchev–Trinajstić information content (AvgIpc) is 2.81. The minimum absolute atomic E-state index is 0.00644. The molecule has 0 amide bonds. The van der Waals surface area contributed by atoms with Gasteiger partial charge in [-0.15, -0.1) is 0 Å². The number of benzene rings is 3. The van der Waals surface area contributed by atoms with Gasteiger partial charge in [0.25, 0.3) is 0 Å². The van der Waals surface area contributed by atoms with E-state index >= 15 is 0 Å². The van der Waals surface area contributed by atoms with Crippen molar-refractivity contribution in [2.24, 2.45) is 0 Å². The van der Waals surface area contributed by atoms with Gasteiger partial charge in [-0.25, -0.2) is 8.42 Å². The summed E-state index contributed by atoms with van der Waals surface area (Å²) in [5.41, 5.74) is 3.26. The first-order chi connectivity index (χ1) is 15.4. The lowest BCUT2D eigenvalue weighted by atomic mass is 9.96. The van der Waals surface area contributed by atoms with Crippen molar-refractivity contribution in [1.29, 1.82) is 5.26 Å². The highest BCUT2D eigenvalue weighted by atomic mass is 35.5. The molecule has 1 atom stereocenters. The molecule has 0 aliphatic carbocycles. The molecule has 3 aromatic carbocycles. The van der Waals surface area contributed by atoms with Gasteiger partial charge >= 0.3 is 0 Å². The number of nitrogens with zero attached hydrogens (tertiary/aromatic N) is 3. The molecule has 0 saturated carbocycles. The van der Waals surface area contributed by atoms with Crippen LogP contribution in [0.3, 0.4) is 0 Å². The second-order valence-corrected chi connectivity index (χ2v) is 10.3. The average molecular weight is 466 g/mol. The predicted molar refractivity (Wildman–Crippen MR) is 126 cm³/mol. The van der Waals surface area contributed by atoms with Crippen LogP contribution in [0.4, 0.5) is 0 Å². The largest absolute Gasteiger partial charge is 0.290 e. The summed E-state index contributed by atoms with van der Waals surface area (Å²) < 4.78 is 28.1. The third-order valence-electron chi connectivity index (χ3n) is 5.81. The van der Waals surface area contributed by atoms with E-state index in [1.54, 1.807) is 18.2 Å². The first kappa shape index (κ1) is 22.5. The molecule has 1 fully saturated rings. The van der Waals surface area contributed by atoms with Crippen molar-refractivity contribution in [3.05, 3.63) is 100 Å². The third kappa shape index (κ3) is 4.57. The Morgan fingerprint density at radius 1 is 0.906 bits per heavy atom. The Morgan fingerprint density at radius 3 is 2.16 bits per heavy atom. The molecular weight excluding hydrogens is 442 g/mol. The molecule has 32 heavy (non-hydrogen) atoms. The fourth-order valence-electron chi connectivity index (χ4n) is 4.17. The molecule has 1 aliphatic rings. The Labute approximate surface area is 194 Å². The van der Waals surface area contributed by atoms with Gasteiger partial charge in [0.15, 0.2) is 0 Å². The second kappa shape index (κ2) is 9.43. The van der Waals surface area contributed by atoms with E-state index in [1.807, 2.05) is 55.5 Å². The van der Waals surface area contributed by atoms with Gasteiger partial charge in [0.05, 0.1) is 11.6 Å². The maximum Gasteiger partial charge on any atom is 0.244 e. The minimum atomic E-state index is -3.74. The monoisotopic (exact) mass is 465 g/mol. The molecule has 0 radical (unpaired) electrons. The maximum atomic E-state index is 13.3. The number of sulfonamides is 1. The molecule has 7 heteroatoms. The number of halogens is 1. The van der Waals surface area contributed by atoms with E-state index in [9.17, 15) is 13.7 Å². The summed E-state index contributed by atoms with van der Waals surface area (Å²) in [5, 5.41) is 10.1. The highest BCUT2D eigenvalue weighted by molar-refractivity contribution is 7.89. The van der Waals surface area contributed by atoms with Crippen LogP contribution in [-0.2, 0) is 10.0 Å². The van der Waals surface area contributed by atoms with Gasteiger partial charge in [-0.05, 0) is 47.9 Å².